The number of hydrogen-bond donors (Lipinski definition) is 1. The Morgan fingerprint density at radius 2 is 1.79 bits per heavy atom. The Bertz CT molecular complexity index is 1580. The van der Waals surface area contributed by atoms with Gasteiger partial charge in [-0.05, 0) is 42.8 Å². The maximum absolute atomic E-state index is 12.7. The third kappa shape index (κ3) is 3.81. The zero-order valence-corrected chi connectivity index (χ0v) is 18.9. The summed E-state index contributed by atoms with van der Waals surface area (Å²) in [5, 5.41) is 8.09. The first-order valence-corrected chi connectivity index (χ1v) is 11.0. The van der Waals surface area contributed by atoms with Crippen LogP contribution in [0.1, 0.15) is 28.7 Å². The van der Waals surface area contributed by atoms with E-state index in [0.717, 1.165) is 38.3 Å². The lowest BCUT2D eigenvalue weighted by molar-refractivity contribution is -0.143. The highest BCUT2D eigenvalue weighted by molar-refractivity contribution is 6.08. The van der Waals surface area contributed by atoms with Gasteiger partial charge in [0.25, 0.3) is 0 Å². The van der Waals surface area contributed by atoms with Crippen LogP contribution in [0.3, 0.4) is 0 Å². The fraction of sp³-hybridized carbons (Fsp3) is 0.148. The van der Waals surface area contributed by atoms with Crippen LogP contribution in [0, 0.1) is 6.92 Å². The smallest absolute Gasteiger partial charge is 0.325 e. The van der Waals surface area contributed by atoms with Crippen molar-refractivity contribution in [3.05, 3.63) is 83.7 Å². The van der Waals surface area contributed by atoms with E-state index in [1.165, 1.54) is 0 Å². The fourth-order valence-corrected chi connectivity index (χ4v) is 4.28. The van der Waals surface area contributed by atoms with Crippen LogP contribution in [0.25, 0.3) is 32.6 Å². The molecule has 5 aromatic rings. The van der Waals surface area contributed by atoms with Crippen LogP contribution in [0.4, 0.5) is 0 Å². The number of ether oxygens (including phenoxy) is 1. The topological polar surface area (TPSA) is 85.8 Å². The number of carbonyl (C=O) groups is 2. The number of amides is 1. The van der Waals surface area contributed by atoms with Crippen LogP contribution >= 0.6 is 0 Å². The van der Waals surface area contributed by atoms with Gasteiger partial charge in [0, 0.05) is 27.5 Å². The first-order valence-electron chi connectivity index (χ1n) is 11.0. The standard InChI is InChI=1S/C27H23N3O4/c1-3-33-26(31)16-30-17(2)22(20-10-6-7-11-23(20)30)15-28-29-27(32)25-14-21-19-9-5-4-8-18(19)12-13-24(21)34-25/h4-15H,3,16H2,1-2H3,(H,29,32). The molecule has 3 aromatic carbocycles. The third-order valence-electron chi connectivity index (χ3n) is 5.88. The number of aromatic nitrogens is 1. The molecule has 0 saturated carbocycles. The average Bonchev–Trinajstić information content (AvgIpc) is 3.40. The van der Waals surface area contributed by atoms with Gasteiger partial charge < -0.3 is 13.7 Å². The number of hydrazone groups is 1. The lowest BCUT2D eigenvalue weighted by atomic mass is 10.1. The van der Waals surface area contributed by atoms with Crippen molar-refractivity contribution in [3.8, 4) is 0 Å². The number of hydrogen-bond acceptors (Lipinski definition) is 5. The van der Waals surface area contributed by atoms with E-state index in [9.17, 15) is 9.59 Å². The highest BCUT2D eigenvalue weighted by atomic mass is 16.5. The summed E-state index contributed by atoms with van der Waals surface area (Å²) in [6.45, 7) is 4.12. The molecule has 1 N–H and O–H groups in total. The minimum Gasteiger partial charge on any atom is -0.465 e. The molecule has 170 valence electrons. The second kappa shape index (κ2) is 8.86. The average molecular weight is 453 g/mol. The first kappa shape index (κ1) is 21.5. The molecule has 0 aliphatic heterocycles. The highest BCUT2D eigenvalue weighted by Crippen LogP contribution is 2.28. The quantitative estimate of drug-likeness (QED) is 0.218. The van der Waals surface area contributed by atoms with Crippen molar-refractivity contribution in [2.45, 2.75) is 20.4 Å². The summed E-state index contributed by atoms with van der Waals surface area (Å²) < 4.78 is 12.8. The molecule has 34 heavy (non-hydrogen) atoms. The van der Waals surface area contributed by atoms with Crippen LogP contribution in [-0.4, -0.2) is 29.3 Å². The molecule has 7 heteroatoms. The lowest BCUT2D eigenvalue weighted by Gasteiger charge is -2.07. The second-order valence-electron chi connectivity index (χ2n) is 7.92. The molecule has 0 aliphatic rings. The summed E-state index contributed by atoms with van der Waals surface area (Å²) in [5.74, 6) is -0.560. The molecule has 2 heterocycles. The maximum Gasteiger partial charge on any atom is 0.325 e. The van der Waals surface area contributed by atoms with Crippen LogP contribution in [0.2, 0.25) is 0 Å². The number of nitrogens with zero attached hydrogens (tertiary/aromatic N) is 2. The van der Waals surface area contributed by atoms with Crippen LogP contribution in [0.15, 0.2) is 76.2 Å². The van der Waals surface area contributed by atoms with Gasteiger partial charge in [0.1, 0.15) is 12.1 Å². The van der Waals surface area contributed by atoms with Gasteiger partial charge in [-0.15, -0.1) is 0 Å². The number of furan rings is 1. The molecular weight excluding hydrogens is 430 g/mol. The normalized spacial score (nSPS) is 11.6. The molecule has 5 rings (SSSR count). The summed E-state index contributed by atoms with van der Waals surface area (Å²) in [6.07, 6.45) is 1.59. The molecule has 0 atom stereocenters. The number of esters is 1. The van der Waals surface area contributed by atoms with Crippen molar-refractivity contribution in [1.29, 1.82) is 0 Å². The molecule has 0 bridgehead atoms. The summed E-state index contributed by atoms with van der Waals surface area (Å²) in [4.78, 5) is 24.8. The largest absolute Gasteiger partial charge is 0.465 e. The maximum atomic E-state index is 12.7. The molecule has 0 radical (unpaired) electrons. The van der Waals surface area contributed by atoms with Crippen molar-refractivity contribution in [3.63, 3.8) is 0 Å². The van der Waals surface area contributed by atoms with Gasteiger partial charge in [-0.3, -0.25) is 9.59 Å². The zero-order valence-electron chi connectivity index (χ0n) is 18.9. The minimum atomic E-state index is -0.440. The predicted molar refractivity (Wildman–Crippen MR) is 132 cm³/mol. The Morgan fingerprint density at radius 1 is 1.03 bits per heavy atom. The van der Waals surface area contributed by atoms with E-state index in [2.05, 4.69) is 10.5 Å². The van der Waals surface area contributed by atoms with Crippen LogP contribution < -0.4 is 5.43 Å². The summed E-state index contributed by atoms with van der Waals surface area (Å²) in [7, 11) is 0. The molecule has 1 amide bonds. The van der Waals surface area contributed by atoms with Crippen molar-refractivity contribution in [2.24, 2.45) is 5.10 Å². The van der Waals surface area contributed by atoms with E-state index >= 15 is 0 Å². The van der Waals surface area contributed by atoms with Gasteiger partial charge in [-0.25, -0.2) is 5.43 Å². The van der Waals surface area contributed by atoms with Crippen molar-refractivity contribution >= 4 is 50.7 Å². The van der Waals surface area contributed by atoms with E-state index in [-0.39, 0.29) is 18.3 Å². The summed E-state index contributed by atoms with van der Waals surface area (Å²) in [5.41, 5.74) is 5.76. The van der Waals surface area contributed by atoms with Crippen molar-refractivity contribution in [1.82, 2.24) is 9.99 Å². The number of benzene rings is 3. The number of fused-ring (bicyclic) bond motifs is 4. The van der Waals surface area contributed by atoms with Crippen molar-refractivity contribution in [2.75, 3.05) is 6.61 Å². The Morgan fingerprint density at radius 3 is 2.62 bits per heavy atom. The van der Waals surface area contributed by atoms with Crippen LogP contribution in [-0.2, 0) is 16.1 Å². The number of para-hydroxylation sites is 1. The van der Waals surface area contributed by atoms with E-state index in [0.29, 0.717) is 12.2 Å². The number of nitrogens with one attached hydrogen (secondary N) is 1. The van der Waals surface area contributed by atoms with Gasteiger partial charge in [0.2, 0.25) is 0 Å². The van der Waals surface area contributed by atoms with E-state index in [1.54, 1.807) is 19.2 Å². The van der Waals surface area contributed by atoms with Gasteiger partial charge >= 0.3 is 11.9 Å². The van der Waals surface area contributed by atoms with E-state index < -0.39 is 5.91 Å². The molecule has 7 nitrogen and oxygen atoms in total. The van der Waals surface area contributed by atoms with Crippen LogP contribution in [0.5, 0.6) is 0 Å². The molecule has 0 spiro atoms. The van der Waals surface area contributed by atoms with Crippen molar-refractivity contribution < 1.29 is 18.7 Å². The SMILES string of the molecule is CCOC(=O)Cn1c(C)c(C=NNC(=O)c2cc3c(ccc4ccccc43)o2)c2ccccc21. The van der Waals surface area contributed by atoms with E-state index in [1.807, 2.05) is 72.2 Å². The molecule has 0 unspecified atom stereocenters. The van der Waals surface area contributed by atoms with Gasteiger partial charge in [-0.2, -0.15) is 5.10 Å². The fourth-order valence-electron chi connectivity index (χ4n) is 4.28. The Labute approximate surface area is 195 Å². The zero-order chi connectivity index (χ0) is 23.7. The molecule has 0 fully saturated rings. The number of rotatable bonds is 6. The highest BCUT2D eigenvalue weighted by Gasteiger charge is 2.16. The molecule has 0 saturated heterocycles. The molecule has 0 aliphatic carbocycles. The van der Waals surface area contributed by atoms with E-state index in [4.69, 9.17) is 9.15 Å². The summed E-state index contributed by atoms with van der Waals surface area (Å²) in [6, 6.07) is 21.3. The number of carbonyl (C=O) groups excluding carboxylic acids is 2. The second-order valence-corrected chi connectivity index (χ2v) is 7.92. The Balaban J connectivity index is 1.41. The Kier molecular flexibility index (Phi) is 5.59. The molecular formula is C27H23N3O4. The molecule has 2 aromatic heterocycles. The third-order valence-corrected chi connectivity index (χ3v) is 5.88. The van der Waals surface area contributed by atoms with Gasteiger partial charge in [-0.1, -0.05) is 48.5 Å². The lowest BCUT2D eigenvalue weighted by Crippen LogP contribution is -2.17. The Hall–Kier alpha value is -4.39. The minimum absolute atomic E-state index is 0.104. The predicted octanol–water partition coefficient (Wildman–Crippen LogP) is 5.18. The monoisotopic (exact) mass is 453 g/mol. The summed E-state index contributed by atoms with van der Waals surface area (Å²) >= 11 is 0. The van der Waals surface area contributed by atoms with Gasteiger partial charge in [0.05, 0.1) is 12.8 Å². The van der Waals surface area contributed by atoms with Gasteiger partial charge in [0.15, 0.2) is 5.76 Å². The first-order chi connectivity index (χ1) is 16.6.